The van der Waals surface area contributed by atoms with Crippen molar-refractivity contribution < 1.29 is 19.4 Å². The van der Waals surface area contributed by atoms with Crippen LogP contribution in [0.15, 0.2) is 65.6 Å². The molecule has 0 unspecified atom stereocenters. The van der Waals surface area contributed by atoms with Gasteiger partial charge in [0.2, 0.25) is 0 Å². The van der Waals surface area contributed by atoms with Crippen LogP contribution in [0, 0.1) is 0 Å². The van der Waals surface area contributed by atoms with Crippen molar-refractivity contribution in [2.75, 3.05) is 32.8 Å². The summed E-state index contributed by atoms with van der Waals surface area (Å²) in [6, 6.07) is 17.9. The Bertz CT molecular complexity index is 1500. The number of halogens is 2. The average molecular weight is 628 g/mol. The minimum Gasteiger partial charge on any atom is -0.492 e. The Morgan fingerprint density at radius 3 is 2.49 bits per heavy atom. The van der Waals surface area contributed by atoms with Crippen molar-refractivity contribution in [1.29, 1.82) is 0 Å². The van der Waals surface area contributed by atoms with Crippen molar-refractivity contribution in [3.63, 3.8) is 0 Å². The van der Waals surface area contributed by atoms with Gasteiger partial charge in [-0.05, 0) is 86.0 Å². The molecule has 2 aliphatic rings. The van der Waals surface area contributed by atoms with E-state index in [0.717, 1.165) is 41.9 Å². The summed E-state index contributed by atoms with van der Waals surface area (Å²) in [5.41, 5.74) is 3.62. The van der Waals surface area contributed by atoms with Crippen LogP contribution in [0.2, 0.25) is 10.0 Å². The van der Waals surface area contributed by atoms with Crippen molar-refractivity contribution >= 4 is 69.5 Å². The molecule has 0 saturated carbocycles. The second-order valence-corrected chi connectivity index (χ2v) is 12.4. The number of nitrogens with zero attached hydrogens (tertiary/aromatic N) is 2. The number of carbonyl (C=O) groups is 2. The van der Waals surface area contributed by atoms with Gasteiger partial charge >= 0.3 is 5.97 Å². The highest BCUT2D eigenvalue weighted by molar-refractivity contribution is 8.26. The minimum absolute atomic E-state index is 0.167. The van der Waals surface area contributed by atoms with Crippen LogP contribution in [0.25, 0.3) is 17.2 Å². The average Bonchev–Trinajstić information content (AvgIpc) is 3.56. The number of carboxylic acid groups (broad SMARTS) is 1. The van der Waals surface area contributed by atoms with Crippen molar-refractivity contribution in [2.45, 2.75) is 19.3 Å². The van der Waals surface area contributed by atoms with Gasteiger partial charge in [-0.1, -0.05) is 71.4 Å². The normalized spacial score (nSPS) is 16.6. The summed E-state index contributed by atoms with van der Waals surface area (Å²) in [6.07, 6.45) is 4.82. The van der Waals surface area contributed by atoms with E-state index in [0.29, 0.717) is 44.6 Å². The number of hydrogen-bond acceptors (Lipinski definition) is 6. The predicted molar refractivity (Wildman–Crippen MR) is 170 cm³/mol. The molecule has 0 aliphatic carbocycles. The second-order valence-electron chi connectivity index (χ2n) is 9.86. The topological polar surface area (TPSA) is 70.1 Å². The summed E-state index contributed by atoms with van der Waals surface area (Å²) in [5.74, 6) is -0.456. The van der Waals surface area contributed by atoms with Crippen molar-refractivity contribution in [2.24, 2.45) is 0 Å². The summed E-state index contributed by atoms with van der Waals surface area (Å²) >= 11 is 19.4. The Hall–Kier alpha value is -2.88. The standard InChI is InChI=1S/C31H28Cl2N2O4S2/c32-24-8-9-25(26(33)19-24)22-7-10-27(39-16-15-34-12-1-2-13-34)23(17-22)18-28-29(36)35(31(40)41-28)14-11-20-3-5-21(6-4-20)30(37)38/h3-10,17-19H,1-2,11-16H2,(H,37,38). The number of hydrogen-bond donors (Lipinski definition) is 1. The molecule has 0 atom stereocenters. The molecule has 5 rings (SSSR count). The summed E-state index contributed by atoms with van der Waals surface area (Å²) in [7, 11) is 0. The highest BCUT2D eigenvalue weighted by Gasteiger charge is 2.32. The summed E-state index contributed by atoms with van der Waals surface area (Å²) in [5, 5.41) is 10.2. The third-order valence-electron chi connectivity index (χ3n) is 7.10. The first-order chi connectivity index (χ1) is 19.8. The number of rotatable bonds is 10. The molecule has 2 heterocycles. The number of amides is 1. The van der Waals surface area contributed by atoms with E-state index in [9.17, 15) is 9.59 Å². The first-order valence-electron chi connectivity index (χ1n) is 13.3. The molecule has 0 radical (unpaired) electrons. The molecule has 6 nitrogen and oxygen atoms in total. The maximum atomic E-state index is 13.4. The quantitative estimate of drug-likeness (QED) is 0.187. The molecule has 3 aromatic carbocycles. The zero-order valence-electron chi connectivity index (χ0n) is 22.1. The smallest absolute Gasteiger partial charge is 0.335 e. The number of thiocarbonyl (C=S) groups is 1. The van der Waals surface area contributed by atoms with E-state index in [1.165, 1.54) is 24.6 Å². The number of carboxylic acids is 1. The molecule has 3 aromatic rings. The van der Waals surface area contributed by atoms with Gasteiger partial charge < -0.3 is 9.84 Å². The van der Waals surface area contributed by atoms with Crippen LogP contribution >= 0.6 is 47.2 Å². The Morgan fingerprint density at radius 1 is 1.02 bits per heavy atom. The van der Waals surface area contributed by atoms with Crippen molar-refractivity contribution in [3.8, 4) is 16.9 Å². The van der Waals surface area contributed by atoms with Gasteiger partial charge in [-0.3, -0.25) is 14.6 Å². The number of ether oxygens (including phenoxy) is 1. The van der Waals surface area contributed by atoms with Crippen LogP contribution in [0.4, 0.5) is 0 Å². The Balaban J connectivity index is 1.36. The zero-order chi connectivity index (χ0) is 28.9. The molecule has 0 spiro atoms. The van der Waals surface area contributed by atoms with E-state index in [1.807, 2.05) is 30.3 Å². The van der Waals surface area contributed by atoms with Crippen LogP contribution in [0.1, 0.15) is 34.3 Å². The molecular formula is C31H28Cl2N2O4S2. The van der Waals surface area contributed by atoms with E-state index < -0.39 is 5.97 Å². The fourth-order valence-electron chi connectivity index (χ4n) is 4.86. The number of benzene rings is 3. The third kappa shape index (κ3) is 7.31. The molecule has 2 saturated heterocycles. The maximum Gasteiger partial charge on any atom is 0.335 e. The first kappa shape index (κ1) is 29.6. The van der Waals surface area contributed by atoms with E-state index in [2.05, 4.69) is 4.90 Å². The number of thioether (sulfide) groups is 1. The Kier molecular flexibility index (Phi) is 9.68. The molecule has 0 aromatic heterocycles. The van der Waals surface area contributed by atoms with Gasteiger partial charge in [0.1, 0.15) is 16.7 Å². The van der Waals surface area contributed by atoms with Crippen LogP contribution in [-0.4, -0.2) is 63.9 Å². The lowest BCUT2D eigenvalue weighted by molar-refractivity contribution is -0.122. The zero-order valence-corrected chi connectivity index (χ0v) is 25.3. The van der Waals surface area contributed by atoms with Crippen molar-refractivity contribution in [3.05, 3.63) is 92.3 Å². The maximum absolute atomic E-state index is 13.4. The Labute approximate surface area is 258 Å². The summed E-state index contributed by atoms with van der Waals surface area (Å²) in [4.78, 5) is 29.0. The molecule has 41 heavy (non-hydrogen) atoms. The molecule has 212 valence electrons. The molecule has 10 heteroatoms. The van der Waals surface area contributed by atoms with E-state index >= 15 is 0 Å². The lowest BCUT2D eigenvalue weighted by Gasteiger charge is -2.17. The van der Waals surface area contributed by atoms with Gasteiger partial charge in [-0.25, -0.2) is 4.79 Å². The van der Waals surface area contributed by atoms with Crippen LogP contribution < -0.4 is 4.74 Å². The van der Waals surface area contributed by atoms with Gasteiger partial charge in [0.05, 0.1) is 10.5 Å². The fraction of sp³-hybridized carbons (Fsp3) is 0.258. The van der Waals surface area contributed by atoms with Gasteiger partial charge in [0, 0.05) is 34.3 Å². The molecule has 1 amide bonds. The minimum atomic E-state index is -0.972. The van der Waals surface area contributed by atoms with E-state index in [4.69, 9.17) is 45.3 Å². The molecule has 1 N–H and O–H groups in total. The number of carbonyl (C=O) groups excluding carboxylic acids is 1. The van der Waals surface area contributed by atoms with Crippen LogP contribution in [0.5, 0.6) is 5.75 Å². The fourth-order valence-corrected chi connectivity index (χ4v) is 6.68. The first-order valence-corrected chi connectivity index (χ1v) is 15.3. The van der Waals surface area contributed by atoms with Gasteiger partial charge in [0.15, 0.2) is 0 Å². The summed E-state index contributed by atoms with van der Waals surface area (Å²) < 4.78 is 6.70. The second kappa shape index (κ2) is 13.4. The SMILES string of the molecule is O=C(O)c1ccc(CCN2C(=O)C(=Cc3cc(-c4ccc(Cl)cc4Cl)ccc3OCCN3CCCC3)SC2=S)cc1. The predicted octanol–water partition coefficient (Wildman–Crippen LogP) is 7.28. The van der Waals surface area contributed by atoms with Gasteiger partial charge in [-0.2, -0.15) is 0 Å². The monoisotopic (exact) mass is 626 g/mol. The van der Waals surface area contributed by atoms with Gasteiger partial charge in [-0.15, -0.1) is 0 Å². The number of aromatic carboxylic acids is 1. The highest BCUT2D eigenvalue weighted by atomic mass is 35.5. The van der Waals surface area contributed by atoms with Crippen molar-refractivity contribution in [1.82, 2.24) is 9.80 Å². The molecule has 0 bridgehead atoms. The molecular weight excluding hydrogens is 599 g/mol. The third-order valence-corrected chi connectivity index (χ3v) is 9.03. The molecule has 2 aliphatic heterocycles. The van der Waals surface area contributed by atoms with E-state index in [1.54, 1.807) is 41.3 Å². The summed E-state index contributed by atoms with van der Waals surface area (Å²) in [6.45, 7) is 3.98. The lowest BCUT2D eigenvalue weighted by Crippen LogP contribution is -2.30. The van der Waals surface area contributed by atoms with Crippen LogP contribution in [0.3, 0.4) is 0 Å². The highest BCUT2D eigenvalue weighted by Crippen LogP contribution is 2.37. The Morgan fingerprint density at radius 2 is 1.78 bits per heavy atom. The van der Waals surface area contributed by atoms with Gasteiger partial charge in [0.25, 0.3) is 5.91 Å². The van der Waals surface area contributed by atoms with E-state index in [-0.39, 0.29) is 11.5 Å². The molecule has 2 fully saturated rings. The largest absolute Gasteiger partial charge is 0.492 e. The lowest BCUT2D eigenvalue weighted by atomic mass is 10.0. The van der Waals surface area contributed by atoms with Crippen LogP contribution in [-0.2, 0) is 11.2 Å². The number of likely N-dealkylation sites (tertiary alicyclic amines) is 1.